The number of ether oxygens (including phenoxy) is 3. The maximum atomic E-state index is 11.4. The highest BCUT2D eigenvalue weighted by atomic mass is 16.7. The summed E-state index contributed by atoms with van der Waals surface area (Å²) < 4.78 is 16.3. The number of hydrogen-bond acceptors (Lipinski definition) is 7. The SMILES string of the molecule is O=C(O)c1ccccc1N1CCN(CC(O)COc2ccc3c(c2)OCO3)CC1. The van der Waals surface area contributed by atoms with Gasteiger partial charge in [-0.15, -0.1) is 0 Å². The Morgan fingerprint density at radius 3 is 2.62 bits per heavy atom. The molecule has 4 rings (SSSR count). The van der Waals surface area contributed by atoms with Crippen LogP contribution < -0.4 is 19.1 Å². The van der Waals surface area contributed by atoms with Gasteiger partial charge in [-0.05, 0) is 24.3 Å². The Hall–Kier alpha value is -2.97. The van der Waals surface area contributed by atoms with E-state index in [0.29, 0.717) is 42.4 Å². The second kappa shape index (κ2) is 8.59. The lowest BCUT2D eigenvalue weighted by Crippen LogP contribution is -2.49. The van der Waals surface area contributed by atoms with Gasteiger partial charge in [-0.3, -0.25) is 4.90 Å². The molecule has 8 nitrogen and oxygen atoms in total. The number of aliphatic hydroxyl groups is 1. The number of hydrogen-bond donors (Lipinski definition) is 2. The van der Waals surface area contributed by atoms with Gasteiger partial charge in [0.05, 0.1) is 11.3 Å². The van der Waals surface area contributed by atoms with Gasteiger partial charge >= 0.3 is 5.97 Å². The van der Waals surface area contributed by atoms with Gasteiger partial charge < -0.3 is 29.3 Å². The number of piperazine rings is 1. The highest BCUT2D eigenvalue weighted by molar-refractivity contribution is 5.94. The minimum absolute atomic E-state index is 0.182. The molecule has 154 valence electrons. The van der Waals surface area contributed by atoms with E-state index in [0.717, 1.165) is 18.8 Å². The third kappa shape index (κ3) is 4.55. The van der Waals surface area contributed by atoms with E-state index in [-0.39, 0.29) is 13.4 Å². The Morgan fingerprint density at radius 1 is 1.07 bits per heavy atom. The number of aliphatic hydroxyl groups excluding tert-OH is 1. The molecule has 0 aliphatic carbocycles. The number of aromatic carboxylic acids is 1. The Kier molecular flexibility index (Phi) is 5.73. The predicted octanol–water partition coefficient (Wildman–Crippen LogP) is 1.68. The van der Waals surface area contributed by atoms with Gasteiger partial charge in [0.15, 0.2) is 11.5 Å². The fraction of sp³-hybridized carbons (Fsp3) is 0.381. The van der Waals surface area contributed by atoms with Crippen LogP contribution in [0, 0.1) is 0 Å². The minimum atomic E-state index is -0.917. The molecule has 1 unspecified atom stereocenters. The average molecular weight is 400 g/mol. The van der Waals surface area contributed by atoms with Crippen molar-refractivity contribution in [2.24, 2.45) is 0 Å². The summed E-state index contributed by atoms with van der Waals surface area (Å²) in [6.07, 6.45) is -0.627. The van der Waals surface area contributed by atoms with Crippen LogP contribution in [0.3, 0.4) is 0 Å². The minimum Gasteiger partial charge on any atom is -0.491 e. The standard InChI is InChI=1S/C21H24N2O6/c24-15(13-27-16-5-6-19-20(11-16)29-14-28-19)12-22-7-9-23(10-8-22)18-4-2-1-3-17(18)21(25)26/h1-6,11,15,24H,7-10,12-14H2,(H,25,26). The molecule has 2 aliphatic rings. The number of carboxylic acids is 1. The summed E-state index contributed by atoms with van der Waals surface area (Å²) in [6.45, 7) is 3.80. The molecular formula is C21H24N2O6. The normalized spacial score (nSPS) is 17.2. The molecular weight excluding hydrogens is 376 g/mol. The van der Waals surface area contributed by atoms with Crippen LogP contribution in [0.4, 0.5) is 5.69 Å². The van der Waals surface area contributed by atoms with E-state index in [1.165, 1.54) is 0 Å². The molecule has 2 heterocycles. The van der Waals surface area contributed by atoms with E-state index in [2.05, 4.69) is 9.80 Å². The van der Waals surface area contributed by atoms with Gasteiger partial charge in [0.25, 0.3) is 0 Å². The molecule has 2 aromatic rings. The van der Waals surface area contributed by atoms with Crippen LogP contribution in [0.25, 0.3) is 0 Å². The third-order valence-corrected chi connectivity index (χ3v) is 5.10. The monoisotopic (exact) mass is 400 g/mol. The Balaban J connectivity index is 1.25. The zero-order chi connectivity index (χ0) is 20.2. The molecule has 0 bridgehead atoms. The predicted molar refractivity (Wildman–Crippen MR) is 106 cm³/mol. The first-order valence-electron chi connectivity index (χ1n) is 9.60. The van der Waals surface area contributed by atoms with Crippen molar-refractivity contribution in [2.75, 3.05) is 51.0 Å². The molecule has 29 heavy (non-hydrogen) atoms. The third-order valence-electron chi connectivity index (χ3n) is 5.10. The van der Waals surface area contributed by atoms with E-state index < -0.39 is 12.1 Å². The van der Waals surface area contributed by atoms with Gasteiger partial charge in [0, 0.05) is 38.8 Å². The second-order valence-electron chi connectivity index (χ2n) is 7.09. The van der Waals surface area contributed by atoms with Gasteiger partial charge in [0.1, 0.15) is 18.5 Å². The number of para-hydroxylation sites is 1. The molecule has 8 heteroatoms. The van der Waals surface area contributed by atoms with Crippen molar-refractivity contribution in [3.05, 3.63) is 48.0 Å². The number of benzene rings is 2. The van der Waals surface area contributed by atoms with Crippen LogP contribution >= 0.6 is 0 Å². The van der Waals surface area contributed by atoms with Gasteiger partial charge in [-0.1, -0.05) is 12.1 Å². The van der Waals surface area contributed by atoms with Crippen LogP contribution in [0.1, 0.15) is 10.4 Å². The van der Waals surface area contributed by atoms with Crippen molar-refractivity contribution in [1.29, 1.82) is 0 Å². The molecule has 2 aliphatic heterocycles. The van der Waals surface area contributed by atoms with Crippen molar-refractivity contribution in [3.8, 4) is 17.2 Å². The quantitative estimate of drug-likeness (QED) is 0.725. The number of nitrogens with zero attached hydrogens (tertiary/aromatic N) is 2. The molecule has 0 aromatic heterocycles. The van der Waals surface area contributed by atoms with Crippen molar-refractivity contribution < 1.29 is 29.2 Å². The second-order valence-corrected chi connectivity index (χ2v) is 7.09. The Morgan fingerprint density at radius 2 is 1.83 bits per heavy atom. The van der Waals surface area contributed by atoms with E-state index in [4.69, 9.17) is 14.2 Å². The van der Waals surface area contributed by atoms with Gasteiger partial charge in [0.2, 0.25) is 6.79 Å². The van der Waals surface area contributed by atoms with E-state index in [1.54, 1.807) is 30.3 Å². The number of rotatable bonds is 7. The van der Waals surface area contributed by atoms with E-state index in [9.17, 15) is 15.0 Å². The molecule has 2 aromatic carbocycles. The fourth-order valence-electron chi connectivity index (χ4n) is 3.61. The summed E-state index contributed by atoms with van der Waals surface area (Å²) in [6, 6.07) is 12.4. The summed E-state index contributed by atoms with van der Waals surface area (Å²) in [4.78, 5) is 15.7. The summed E-state index contributed by atoms with van der Waals surface area (Å²) in [5.74, 6) is 1.05. The van der Waals surface area contributed by atoms with Crippen molar-refractivity contribution in [3.63, 3.8) is 0 Å². The Labute approximate surface area is 168 Å². The molecule has 1 atom stereocenters. The fourth-order valence-corrected chi connectivity index (χ4v) is 3.61. The van der Waals surface area contributed by atoms with Crippen molar-refractivity contribution in [2.45, 2.75) is 6.10 Å². The first kappa shape index (κ1) is 19.4. The topological polar surface area (TPSA) is 91.7 Å². The maximum Gasteiger partial charge on any atom is 0.337 e. The number of β-amino-alcohol motifs (C(OH)–C–C–N with tert-alkyl or cyclic N) is 1. The lowest BCUT2D eigenvalue weighted by Gasteiger charge is -2.37. The zero-order valence-electron chi connectivity index (χ0n) is 16.0. The maximum absolute atomic E-state index is 11.4. The van der Waals surface area contributed by atoms with Gasteiger partial charge in [-0.2, -0.15) is 0 Å². The molecule has 0 spiro atoms. The smallest absolute Gasteiger partial charge is 0.337 e. The number of carboxylic acid groups (broad SMARTS) is 1. The highest BCUT2D eigenvalue weighted by Crippen LogP contribution is 2.35. The Bertz CT molecular complexity index is 866. The first-order chi connectivity index (χ1) is 14.1. The molecule has 2 N–H and O–H groups in total. The van der Waals surface area contributed by atoms with Gasteiger partial charge in [-0.25, -0.2) is 4.79 Å². The number of anilines is 1. The summed E-state index contributed by atoms with van der Waals surface area (Å²) in [7, 11) is 0. The van der Waals surface area contributed by atoms with Crippen LogP contribution in [-0.4, -0.2) is 73.3 Å². The van der Waals surface area contributed by atoms with Crippen LogP contribution in [0.5, 0.6) is 17.2 Å². The van der Waals surface area contributed by atoms with Crippen molar-refractivity contribution in [1.82, 2.24) is 4.90 Å². The number of carbonyl (C=O) groups is 1. The average Bonchev–Trinajstić information content (AvgIpc) is 3.21. The lowest BCUT2D eigenvalue weighted by molar-refractivity contribution is 0.0661. The first-order valence-corrected chi connectivity index (χ1v) is 9.60. The lowest BCUT2D eigenvalue weighted by atomic mass is 10.1. The number of fused-ring (bicyclic) bond motifs is 1. The molecule has 0 radical (unpaired) electrons. The highest BCUT2D eigenvalue weighted by Gasteiger charge is 2.23. The largest absolute Gasteiger partial charge is 0.491 e. The van der Waals surface area contributed by atoms with E-state index >= 15 is 0 Å². The molecule has 0 saturated carbocycles. The summed E-state index contributed by atoms with van der Waals surface area (Å²) >= 11 is 0. The van der Waals surface area contributed by atoms with Crippen LogP contribution in [0.2, 0.25) is 0 Å². The van der Waals surface area contributed by atoms with Crippen LogP contribution in [0.15, 0.2) is 42.5 Å². The molecule has 1 saturated heterocycles. The van der Waals surface area contributed by atoms with E-state index in [1.807, 2.05) is 12.1 Å². The van der Waals surface area contributed by atoms with Crippen molar-refractivity contribution >= 4 is 11.7 Å². The van der Waals surface area contributed by atoms with Crippen LogP contribution in [-0.2, 0) is 0 Å². The molecule has 0 amide bonds. The summed E-state index contributed by atoms with van der Waals surface area (Å²) in [5.41, 5.74) is 1.06. The summed E-state index contributed by atoms with van der Waals surface area (Å²) in [5, 5.41) is 19.7. The molecule has 1 fully saturated rings. The zero-order valence-corrected chi connectivity index (χ0v) is 16.0.